The van der Waals surface area contributed by atoms with E-state index in [0.717, 1.165) is 11.1 Å². The zero-order valence-corrected chi connectivity index (χ0v) is 18.7. The molecule has 1 unspecified atom stereocenters. The Bertz CT molecular complexity index is 1280. The van der Waals surface area contributed by atoms with Crippen LogP contribution in [-0.4, -0.2) is 21.8 Å². The number of carbonyl (C=O) groups excluding carboxylic acids is 2. The molecule has 0 spiro atoms. The van der Waals surface area contributed by atoms with Crippen molar-refractivity contribution in [3.05, 3.63) is 73.5 Å². The number of nitrogens with zero attached hydrogens (tertiary/aromatic N) is 1. The molecule has 32 heavy (non-hydrogen) atoms. The molecular formula is C22H19Cl2N5O3. The van der Waals surface area contributed by atoms with Crippen molar-refractivity contribution in [2.75, 3.05) is 16.0 Å². The van der Waals surface area contributed by atoms with Crippen LogP contribution in [0.15, 0.2) is 41.2 Å². The van der Waals surface area contributed by atoms with E-state index in [9.17, 15) is 14.4 Å². The first-order chi connectivity index (χ1) is 15.2. The summed E-state index contributed by atoms with van der Waals surface area (Å²) < 4.78 is 0. The van der Waals surface area contributed by atoms with E-state index < -0.39 is 23.3 Å². The second-order valence-corrected chi connectivity index (χ2v) is 8.45. The van der Waals surface area contributed by atoms with E-state index in [4.69, 9.17) is 23.2 Å². The van der Waals surface area contributed by atoms with Crippen molar-refractivity contribution in [1.82, 2.24) is 9.97 Å². The Kier molecular flexibility index (Phi) is 5.90. The van der Waals surface area contributed by atoms with Gasteiger partial charge in [-0.2, -0.15) is 4.98 Å². The van der Waals surface area contributed by atoms with Gasteiger partial charge in [0.05, 0.1) is 11.5 Å². The number of hydrogen-bond donors (Lipinski definition) is 4. The number of aromatic amines is 1. The minimum absolute atomic E-state index is 0.0291. The zero-order chi connectivity index (χ0) is 23.0. The molecule has 2 heterocycles. The molecule has 0 fully saturated rings. The van der Waals surface area contributed by atoms with E-state index in [1.54, 1.807) is 24.3 Å². The van der Waals surface area contributed by atoms with Crippen LogP contribution in [0, 0.1) is 13.8 Å². The number of H-pyrrole nitrogens is 1. The topological polar surface area (TPSA) is 116 Å². The number of aryl methyl sites for hydroxylation is 2. The van der Waals surface area contributed by atoms with Crippen molar-refractivity contribution in [2.24, 2.45) is 0 Å². The van der Waals surface area contributed by atoms with E-state index in [1.807, 2.05) is 26.0 Å². The minimum Gasteiger partial charge on any atom is -0.326 e. The number of carbonyl (C=O) groups is 2. The Labute approximate surface area is 193 Å². The van der Waals surface area contributed by atoms with Crippen LogP contribution in [0.5, 0.6) is 0 Å². The lowest BCUT2D eigenvalue weighted by atomic mass is 9.92. The molecule has 2 amide bonds. The number of hydrogen-bond acceptors (Lipinski definition) is 5. The van der Waals surface area contributed by atoms with Gasteiger partial charge in [-0.05, 0) is 43.7 Å². The molecule has 1 aliphatic heterocycles. The molecule has 0 aliphatic carbocycles. The number of fused-ring (bicyclic) bond motifs is 1. The molecule has 0 saturated heterocycles. The summed E-state index contributed by atoms with van der Waals surface area (Å²) in [6.45, 7) is 3.83. The molecule has 4 rings (SSSR count). The van der Waals surface area contributed by atoms with Crippen LogP contribution in [0.25, 0.3) is 0 Å². The maximum absolute atomic E-state index is 13.0. The predicted octanol–water partition coefficient (Wildman–Crippen LogP) is 4.50. The van der Waals surface area contributed by atoms with E-state index >= 15 is 0 Å². The lowest BCUT2D eigenvalue weighted by Crippen LogP contribution is -2.36. The fraction of sp³-hybridized carbons (Fsp3) is 0.182. The fourth-order valence-corrected chi connectivity index (χ4v) is 4.12. The van der Waals surface area contributed by atoms with Gasteiger partial charge in [0.25, 0.3) is 5.56 Å². The van der Waals surface area contributed by atoms with E-state index in [0.29, 0.717) is 21.4 Å². The second-order valence-electron chi connectivity index (χ2n) is 7.57. The smallest absolute Gasteiger partial charge is 0.258 e. The van der Waals surface area contributed by atoms with Crippen LogP contribution in [0.4, 0.5) is 23.1 Å². The first-order valence-electron chi connectivity index (χ1n) is 9.75. The van der Waals surface area contributed by atoms with Gasteiger partial charge in [-0.1, -0.05) is 40.9 Å². The van der Waals surface area contributed by atoms with E-state index in [2.05, 4.69) is 25.9 Å². The highest BCUT2D eigenvalue weighted by Crippen LogP contribution is 2.31. The van der Waals surface area contributed by atoms with Gasteiger partial charge < -0.3 is 16.0 Å². The predicted molar refractivity (Wildman–Crippen MR) is 125 cm³/mol. The number of halogens is 2. The zero-order valence-electron chi connectivity index (χ0n) is 17.2. The Morgan fingerprint density at radius 3 is 2.50 bits per heavy atom. The molecule has 1 aliphatic rings. The number of amides is 2. The molecule has 0 bridgehead atoms. The summed E-state index contributed by atoms with van der Waals surface area (Å²) in [5.74, 6) is -1.74. The Hall–Kier alpha value is -3.36. The van der Waals surface area contributed by atoms with Gasteiger partial charge in [0.1, 0.15) is 5.82 Å². The van der Waals surface area contributed by atoms with Crippen LogP contribution in [0.1, 0.15) is 29.0 Å². The van der Waals surface area contributed by atoms with Crippen molar-refractivity contribution in [3.63, 3.8) is 0 Å². The molecular weight excluding hydrogens is 453 g/mol. The summed E-state index contributed by atoms with van der Waals surface area (Å²) >= 11 is 12.0. The highest BCUT2D eigenvalue weighted by atomic mass is 35.5. The second kappa shape index (κ2) is 8.64. The Balaban J connectivity index is 1.65. The maximum Gasteiger partial charge on any atom is 0.258 e. The Morgan fingerprint density at radius 2 is 1.81 bits per heavy atom. The number of anilines is 4. The largest absolute Gasteiger partial charge is 0.326 e. The number of nitrogens with one attached hydrogen (secondary N) is 4. The lowest BCUT2D eigenvalue weighted by Gasteiger charge is -2.24. The number of rotatable bonds is 4. The standard InChI is InChI=1S/C22H19Cl2N5O3/c1-10-3-4-16(11(2)5-10)26-20(31)15-9-17(30)27-19-18(15)21(32)29-22(28-19)25-14-7-12(23)6-13(24)8-14/h3-8,15H,9H2,1-2H3,(H,26,31)(H3,25,27,28,29,30,32). The molecule has 3 aromatic rings. The third-order valence-electron chi connectivity index (χ3n) is 5.03. The van der Waals surface area contributed by atoms with Crippen molar-refractivity contribution >= 4 is 58.2 Å². The minimum atomic E-state index is -0.981. The van der Waals surface area contributed by atoms with Gasteiger partial charge in [-0.25, -0.2) is 0 Å². The van der Waals surface area contributed by atoms with Gasteiger partial charge in [-0.15, -0.1) is 0 Å². The third kappa shape index (κ3) is 4.61. The monoisotopic (exact) mass is 471 g/mol. The normalized spacial score (nSPS) is 15.0. The Morgan fingerprint density at radius 1 is 1.09 bits per heavy atom. The fourth-order valence-electron chi connectivity index (χ4n) is 3.59. The van der Waals surface area contributed by atoms with Crippen molar-refractivity contribution in [2.45, 2.75) is 26.2 Å². The highest BCUT2D eigenvalue weighted by Gasteiger charge is 2.35. The summed E-state index contributed by atoms with van der Waals surface area (Å²) in [7, 11) is 0. The molecule has 164 valence electrons. The molecule has 1 atom stereocenters. The molecule has 8 nitrogen and oxygen atoms in total. The van der Waals surface area contributed by atoms with Gasteiger partial charge in [0.2, 0.25) is 17.8 Å². The third-order valence-corrected chi connectivity index (χ3v) is 5.47. The molecule has 0 saturated carbocycles. The number of aromatic nitrogens is 2. The molecule has 4 N–H and O–H groups in total. The first kappa shape index (κ1) is 21.9. The van der Waals surface area contributed by atoms with Gasteiger partial charge in [0, 0.05) is 27.8 Å². The van der Waals surface area contributed by atoms with Gasteiger partial charge >= 0.3 is 0 Å². The SMILES string of the molecule is Cc1ccc(NC(=O)C2CC(=O)Nc3nc(Nc4cc(Cl)cc(Cl)c4)[nH]c(=O)c32)c(C)c1. The van der Waals surface area contributed by atoms with Gasteiger partial charge in [0.15, 0.2) is 0 Å². The van der Waals surface area contributed by atoms with Crippen LogP contribution in [0.2, 0.25) is 10.0 Å². The summed E-state index contributed by atoms with van der Waals surface area (Å²) in [6.07, 6.45) is -0.162. The van der Waals surface area contributed by atoms with Crippen LogP contribution < -0.4 is 21.5 Å². The van der Waals surface area contributed by atoms with Crippen LogP contribution in [0.3, 0.4) is 0 Å². The van der Waals surface area contributed by atoms with Crippen molar-refractivity contribution < 1.29 is 9.59 Å². The molecule has 2 aromatic carbocycles. The van der Waals surface area contributed by atoms with Crippen molar-refractivity contribution in [3.8, 4) is 0 Å². The summed E-state index contributed by atoms with van der Waals surface area (Å²) in [6, 6.07) is 10.4. The molecule has 10 heteroatoms. The average Bonchev–Trinajstić information content (AvgIpc) is 2.68. The van der Waals surface area contributed by atoms with E-state index in [1.165, 1.54) is 0 Å². The maximum atomic E-state index is 13.0. The summed E-state index contributed by atoms with van der Waals surface area (Å²) in [5, 5.41) is 9.09. The summed E-state index contributed by atoms with van der Waals surface area (Å²) in [4.78, 5) is 45.0. The average molecular weight is 472 g/mol. The summed E-state index contributed by atoms with van der Waals surface area (Å²) in [5.41, 5.74) is 2.62. The van der Waals surface area contributed by atoms with Crippen LogP contribution >= 0.6 is 23.2 Å². The molecule has 1 aromatic heterocycles. The lowest BCUT2D eigenvalue weighted by molar-refractivity contribution is -0.123. The quantitative estimate of drug-likeness (QED) is 0.446. The van der Waals surface area contributed by atoms with E-state index in [-0.39, 0.29) is 23.8 Å². The number of benzene rings is 2. The van der Waals surface area contributed by atoms with Crippen molar-refractivity contribution in [1.29, 1.82) is 0 Å². The van der Waals surface area contributed by atoms with Crippen LogP contribution in [-0.2, 0) is 9.59 Å². The highest BCUT2D eigenvalue weighted by molar-refractivity contribution is 6.35. The molecule has 0 radical (unpaired) electrons. The first-order valence-corrected chi connectivity index (χ1v) is 10.5. The van der Waals surface area contributed by atoms with Gasteiger partial charge in [-0.3, -0.25) is 19.4 Å².